The molecule has 0 radical (unpaired) electrons. The highest BCUT2D eigenvalue weighted by Crippen LogP contribution is 2.21. The van der Waals surface area contributed by atoms with Crippen molar-refractivity contribution < 1.29 is 0 Å². The van der Waals surface area contributed by atoms with Gasteiger partial charge in [0.1, 0.15) is 5.00 Å². The fourth-order valence-electron chi connectivity index (χ4n) is 0.763. The molecule has 0 aromatic carbocycles. The summed E-state index contributed by atoms with van der Waals surface area (Å²) in [7, 11) is 1.92. The molecule has 9 heavy (non-hydrogen) atoms. The Morgan fingerprint density at radius 1 is 1.44 bits per heavy atom. The highest BCUT2D eigenvalue weighted by Gasteiger charge is 1.99. The van der Waals surface area contributed by atoms with E-state index in [-0.39, 0.29) is 0 Å². The minimum Gasteiger partial charge on any atom is -0.378 e. The van der Waals surface area contributed by atoms with E-state index in [0.29, 0.717) is 0 Å². The Balaban J connectivity index is 3.01. The average Bonchev–Trinajstić information content (AvgIpc) is 2.10. The van der Waals surface area contributed by atoms with Crippen LogP contribution in [0.2, 0.25) is 0 Å². The Morgan fingerprint density at radius 3 is 2.33 bits per heavy atom. The van der Waals surface area contributed by atoms with Crippen LogP contribution >= 0.6 is 11.3 Å². The first-order valence-electron chi connectivity index (χ1n) is 2.86. The fourth-order valence-corrected chi connectivity index (χ4v) is 1.54. The second-order valence-electron chi connectivity index (χ2n) is 1.90. The van der Waals surface area contributed by atoms with Crippen molar-refractivity contribution in [3.63, 3.8) is 0 Å². The maximum atomic E-state index is 4.24. The molecule has 1 aromatic rings. The van der Waals surface area contributed by atoms with Crippen molar-refractivity contribution in [3.8, 4) is 0 Å². The number of nitrogens with one attached hydrogen (secondary N) is 1. The van der Waals surface area contributed by atoms with Crippen molar-refractivity contribution in [3.05, 3.63) is 10.7 Å². The van der Waals surface area contributed by atoms with Crippen LogP contribution in [0.1, 0.15) is 10.7 Å². The third-order valence-electron chi connectivity index (χ3n) is 1.13. The zero-order chi connectivity index (χ0) is 6.85. The van der Waals surface area contributed by atoms with E-state index in [2.05, 4.69) is 10.3 Å². The molecular weight excluding hydrogens is 132 g/mol. The molecule has 50 valence electrons. The molecule has 0 aliphatic carbocycles. The van der Waals surface area contributed by atoms with E-state index in [4.69, 9.17) is 0 Å². The quantitative estimate of drug-likeness (QED) is 0.646. The van der Waals surface area contributed by atoms with E-state index < -0.39 is 0 Å². The van der Waals surface area contributed by atoms with E-state index >= 15 is 0 Å². The maximum Gasteiger partial charge on any atom is 0.111 e. The first-order valence-corrected chi connectivity index (χ1v) is 3.67. The lowest BCUT2D eigenvalue weighted by atomic mass is 10.5. The molecular formula is C6H10N2S. The Hall–Kier alpha value is -0.570. The Morgan fingerprint density at radius 2 is 2.11 bits per heavy atom. The minimum absolute atomic E-state index is 1.10. The summed E-state index contributed by atoms with van der Waals surface area (Å²) < 4.78 is 0. The number of thiazole rings is 1. The number of nitrogens with zero attached hydrogens (tertiary/aromatic N) is 1. The zero-order valence-corrected chi connectivity index (χ0v) is 6.67. The van der Waals surface area contributed by atoms with Crippen LogP contribution in [0.25, 0.3) is 0 Å². The second kappa shape index (κ2) is 2.35. The van der Waals surface area contributed by atoms with Crippen molar-refractivity contribution in [2.45, 2.75) is 13.8 Å². The summed E-state index contributed by atoms with van der Waals surface area (Å²) in [5, 5.41) is 5.37. The summed E-state index contributed by atoms with van der Waals surface area (Å²) in [5.74, 6) is 0. The molecule has 0 aliphatic heterocycles. The standard InChI is InChI=1S/C6H10N2S/c1-4-6(7-3)9-5(2)8-4/h7H,1-3H3. The molecule has 0 unspecified atom stereocenters. The Labute approximate surface area is 58.9 Å². The van der Waals surface area contributed by atoms with E-state index in [1.807, 2.05) is 20.9 Å². The van der Waals surface area contributed by atoms with Crippen LogP contribution in [0.4, 0.5) is 5.00 Å². The molecule has 2 nitrogen and oxygen atoms in total. The van der Waals surface area contributed by atoms with Crippen LogP contribution in [0, 0.1) is 13.8 Å². The number of hydrogen-bond acceptors (Lipinski definition) is 3. The van der Waals surface area contributed by atoms with E-state index in [9.17, 15) is 0 Å². The van der Waals surface area contributed by atoms with E-state index in [1.165, 1.54) is 5.00 Å². The van der Waals surface area contributed by atoms with Crippen molar-refractivity contribution in [1.29, 1.82) is 0 Å². The van der Waals surface area contributed by atoms with Gasteiger partial charge in [-0.2, -0.15) is 0 Å². The van der Waals surface area contributed by atoms with Gasteiger partial charge >= 0.3 is 0 Å². The summed E-state index contributed by atoms with van der Waals surface area (Å²) in [6.45, 7) is 4.02. The molecule has 1 aromatic heterocycles. The summed E-state index contributed by atoms with van der Waals surface area (Å²) >= 11 is 1.69. The summed E-state index contributed by atoms with van der Waals surface area (Å²) in [6, 6.07) is 0. The monoisotopic (exact) mass is 142 g/mol. The molecule has 1 heterocycles. The molecule has 0 saturated heterocycles. The van der Waals surface area contributed by atoms with Crippen molar-refractivity contribution >= 4 is 16.3 Å². The van der Waals surface area contributed by atoms with Crippen LogP contribution in [0.3, 0.4) is 0 Å². The van der Waals surface area contributed by atoms with Gasteiger partial charge < -0.3 is 5.32 Å². The van der Waals surface area contributed by atoms with Gasteiger partial charge in [0.25, 0.3) is 0 Å². The lowest BCUT2D eigenvalue weighted by molar-refractivity contribution is 1.20. The van der Waals surface area contributed by atoms with Gasteiger partial charge in [0.2, 0.25) is 0 Å². The molecule has 0 bridgehead atoms. The Bertz CT molecular complexity index is 205. The maximum absolute atomic E-state index is 4.24. The molecule has 0 spiro atoms. The predicted molar refractivity (Wildman–Crippen MR) is 41.1 cm³/mol. The van der Waals surface area contributed by atoms with Crippen LogP contribution in [-0.4, -0.2) is 12.0 Å². The molecule has 1 N–H and O–H groups in total. The first-order chi connectivity index (χ1) is 4.24. The number of aryl methyl sites for hydroxylation is 2. The smallest absolute Gasteiger partial charge is 0.111 e. The van der Waals surface area contributed by atoms with Crippen molar-refractivity contribution in [2.75, 3.05) is 12.4 Å². The van der Waals surface area contributed by atoms with Gasteiger partial charge in [-0.05, 0) is 13.8 Å². The van der Waals surface area contributed by atoms with Gasteiger partial charge in [-0.25, -0.2) is 4.98 Å². The molecule has 1 rings (SSSR count). The molecule has 0 aliphatic rings. The van der Waals surface area contributed by atoms with Gasteiger partial charge in [-0.1, -0.05) is 0 Å². The third-order valence-corrected chi connectivity index (χ3v) is 2.22. The van der Waals surface area contributed by atoms with Crippen molar-refractivity contribution in [1.82, 2.24) is 4.98 Å². The molecule has 0 fully saturated rings. The van der Waals surface area contributed by atoms with Crippen LogP contribution in [0.5, 0.6) is 0 Å². The lowest BCUT2D eigenvalue weighted by Gasteiger charge is -1.90. The molecule has 3 heteroatoms. The van der Waals surface area contributed by atoms with Gasteiger partial charge in [0.15, 0.2) is 0 Å². The van der Waals surface area contributed by atoms with Gasteiger partial charge in [0, 0.05) is 7.05 Å². The number of hydrogen-bond donors (Lipinski definition) is 1. The Kier molecular flexibility index (Phi) is 1.71. The normalized spacial score (nSPS) is 9.67. The second-order valence-corrected chi connectivity index (χ2v) is 3.10. The SMILES string of the molecule is CNc1sc(C)nc1C. The topological polar surface area (TPSA) is 24.9 Å². The highest BCUT2D eigenvalue weighted by molar-refractivity contribution is 7.15. The van der Waals surface area contributed by atoms with Gasteiger partial charge in [-0.3, -0.25) is 0 Å². The number of anilines is 1. The average molecular weight is 142 g/mol. The number of rotatable bonds is 1. The molecule has 0 atom stereocenters. The largest absolute Gasteiger partial charge is 0.378 e. The lowest BCUT2D eigenvalue weighted by Crippen LogP contribution is -1.85. The van der Waals surface area contributed by atoms with Crippen LogP contribution in [0.15, 0.2) is 0 Å². The van der Waals surface area contributed by atoms with Crippen molar-refractivity contribution in [2.24, 2.45) is 0 Å². The van der Waals surface area contributed by atoms with E-state index in [0.717, 1.165) is 10.7 Å². The van der Waals surface area contributed by atoms with Crippen LogP contribution in [-0.2, 0) is 0 Å². The third kappa shape index (κ3) is 1.21. The fraction of sp³-hybridized carbons (Fsp3) is 0.500. The summed E-state index contributed by atoms with van der Waals surface area (Å²) in [5.41, 5.74) is 1.10. The minimum atomic E-state index is 1.10. The van der Waals surface area contributed by atoms with Crippen LogP contribution < -0.4 is 5.32 Å². The zero-order valence-electron chi connectivity index (χ0n) is 5.86. The highest BCUT2D eigenvalue weighted by atomic mass is 32.1. The van der Waals surface area contributed by atoms with Gasteiger partial charge in [-0.15, -0.1) is 11.3 Å². The summed E-state index contributed by atoms with van der Waals surface area (Å²) in [4.78, 5) is 4.24. The first kappa shape index (κ1) is 6.55. The summed E-state index contributed by atoms with van der Waals surface area (Å²) in [6.07, 6.45) is 0. The molecule has 0 amide bonds. The number of aromatic nitrogens is 1. The van der Waals surface area contributed by atoms with E-state index in [1.54, 1.807) is 11.3 Å². The predicted octanol–water partition coefficient (Wildman–Crippen LogP) is 1.80. The van der Waals surface area contributed by atoms with Gasteiger partial charge in [0.05, 0.1) is 10.7 Å². The molecule has 0 saturated carbocycles.